The molecule has 0 aliphatic carbocycles. The molecule has 0 aliphatic rings. The maximum atomic E-state index is 7.24. The highest BCUT2D eigenvalue weighted by atomic mass is 15.1. The van der Waals surface area contributed by atoms with Crippen LogP contribution in [0.3, 0.4) is 0 Å². The van der Waals surface area contributed by atoms with Gasteiger partial charge in [-0.25, -0.2) is 14.8 Å². The summed E-state index contributed by atoms with van der Waals surface area (Å²) in [6, 6.07) is 40.2. The Labute approximate surface area is 225 Å². The molecule has 0 atom stereocenters. The maximum absolute atomic E-state index is 7.24. The monoisotopic (exact) mass is 499 g/mol. The molecule has 4 aromatic heterocycles. The Bertz CT molecular complexity index is 1910. The van der Waals surface area contributed by atoms with Gasteiger partial charge in [0.25, 0.3) is 0 Å². The number of aromatic nitrogens is 4. The number of fused-ring (bicyclic) bond motifs is 3. The summed E-state index contributed by atoms with van der Waals surface area (Å²) in [4.78, 5) is 18.5. The van der Waals surface area contributed by atoms with Gasteiger partial charge in [-0.1, -0.05) is 91.0 Å². The molecule has 0 fully saturated rings. The lowest BCUT2D eigenvalue weighted by Crippen LogP contribution is -1.99. The van der Waals surface area contributed by atoms with Gasteiger partial charge in [0.2, 0.25) is 0 Å². The highest BCUT2D eigenvalue weighted by molar-refractivity contribution is 6.08. The summed E-state index contributed by atoms with van der Waals surface area (Å²) in [6.45, 7) is 7.24. The van der Waals surface area contributed by atoms with Crippen molar-refractivity contribution in [1.29, 1.82) is 0 Å². The lowest BCUT2D eigenvalue weighted by molar-refractivity contribution is 1.08. The van der Waals surface area contributed by atoms with Crippen molar-refractivity contribution in [3.8, 4) is 39.6 Å². The minimum Gasteiger partial charge on any atom is -0.291 e. The van der Waals surface area contributed by atoms with E-state index < -0.39 is 0 Å². The van der Waals surface area contributed by atoms with E-state index in [2.05, 4.69) is 51.9 Å². The van der Waals surface area contributed by atoms with Crippen LogP contribution in [0.25, 0.3) is 66.4 Å². The minimum atomic E-state index is 0.609. The third kappa shape index (κ3) is 4.01. The second kappa shape index (κ2) is 9.37. The molecule has 7 rings (SSSR count). The summed E-state index contributed by atoms with van der Waals surface area (Å²) in [5, 5.41) is 1.02. The highest BCUT2D eigenvalue weighted by Gasteiger charge is 2.17. The zero-order chi connectivity index (χ0) is 26.2. The zero-order valence-electron chi connectivity index (χ0n) is 20.9. The SMILES string of the molecule is [C-]#[N+]c1ccc(-c2cccc(-n3c4cnc(-c5ccccc5)cc4c4nc(-c5ccccc5)ccc43)n2)cc1. The van der Waals surface area contributed by atoms with Crippen molar-refractivity contribution in [2.75, 3.05) is 0 Å². The fourth-order valence-electron chi connectivity index (χ4n) is 4.97. The van der Waals surface area contributed by atoms with Gasteiger partial charge >= 0.3 is 0 Å². The number of hydrogen-bond acceptors (Lipinski definition) is 3. The molecule has 0 aliphatic heterocycles. The van der Waals surface area contributed by atoms with Crippen molar-refractivity contribution in [3.63, 3.8) is 0 Å². The van der Waals surface area contributed by atoms with E-state index in [1.807, 2.05) is 85.1 Å². The molecule has 0 saturated carbocycles. The summed E-state index contributed by atoms with van der Waals surface area (Å²) in [5.41, 5.74) is 9.15. The van der Waals surface area contributed by atoms with Crippen molar-refractivity contribution in [3.05, 3.63) is 139 Å². The average molecular weight is 500 g/mol. The molecule has 4 heterocycles. The quantitative estimate of drug-likeness (QED) is 0.228. The lowest BCUT2D eigenvalue weighted by atomic mass is 10.1. The number of rotatable bonds is 4. The number of hydrogen-bond donors (Lipinski definition) is 0. The third-order valence-corrected chi connectivity index (χ3v) is 6.89. The van der Waals surface area contributed by atoms with Gasteiger partial charge in [-0.3, -0.25) is 9.55 Å². The predicted molar refractivity (Wildman–Crippen MR) is 157 cm³/mol. The van der Waals surface area contributed by atoms with Gasteiger partial charge in [0.05, 0.1) is 46.4 Å². The maximum Gasteiger partial charge on any atom is 0.187 e. The van der Waals surface area contributed by atoms with Gasteiger partial charge in [0, 0.05) is 16.5 Å². The Morgan fingerprint density at radius 1 is 0.564 bits per heavy atom. The number of nitrogens with zero attached hydrogens (tertiary/aromatic N) is 5. The second-order valence-electron chi connectivity index (χ2n) is 9.26. The third-order valence-electron chi connectivity index (χ3n) is 6.89. The van der Waals surface area contributed by atoms with E-state index >= 15 is 0 Å². The first-order valence-corrected chi connectivity index (χ1v) is 12.7. The first-order chi connectivity index (χ1) is 19.3. The standard InChI is InChI=1S/C34H21N5/c1-35-26-17-15-25(16-18-26)28-13-8-14-33(37-28)39-31-20-19-29(23-9-4-2-5-10-23)38-34(31)27-21-30(36-22-32(27)39)24-11-6-3-7-12-24/h2-22H. The van der Waals surface area contributed by atoms with Gasteiger partial charge in [-0.15, -0.1) is 0 Å². The predicted octanol–water partition coefficient (Wildman–Crippen LogP) is 8.52. The molecule has 182 valence electrons. The Balaban J connectivity index is 1.46. The van der Waals surface area contributed by atoms with Crippen molar-refractivity contribution in [2.24, 2.45) is 0 Å². The molecule has 7 aromatic rings. The molecule has 0 bridgehead atoms. The van der Waals surface area contributed by atoms with E-state index in [1.165, 1.54) is 0 Å². The number of benzene rings is 3. The molecular weight excluding hydrogens is 478 g/mol. The average Bonchev–Trinajstić information content (AvgIpc) is 3.35. The Morgan fingerprint density at radius 3 is 1.95 bits per heavy atom. The molecule has 5 heteroatoms. The van der Waals surface area contributed by atoms with E-state index in [1.54, 1.807) is 0 Å². The molecule has 3 aromatic carbocycles. The molecule has 0 spiro atoms. The van der Waals surface area contributed by atoms with Gasteiger partial charge in [0.1, 0.15) is 5.82 Å². The molecular formula is C34H21N5. The smallest absolute Gasteiger partial charge is 0.187 e. The summed E-state index contributed by atoms with van der Waals surface area (Å²) in [6.07, 6.45) is 1.92. The van der Waals surface area contributed by atoms with Gasteiger partial charge < -0.3 is 0 Å². The fourth-order valence-corrected chi connectivity index (χ4v) is 4.97. The van der Waals surface area contributed by atoms with Crippen LogP contribution in [0.15, 0.2) is 128 Å². The molecule has 0 unspecified atom stereocenters. The summed E-state index contributed by atoms with van der Waals surface area (Å²) >= 11 is 0. The first kappa shape index (κ1) is 22.6. The van der Waals surface area contributed by atoms with Gasteiger partial charge in [-0.05, 0) is 35.9 Å². The van der Waals surface area contributed by atoms with Crippen LogP contribution in [0.2, 0.25) is 0 Å². The van der Waals surface area contributed by atoms with Crippen molar-refractivity contribution < 1.29 is 0 Å². The molecule has 0 amide bonds. The first-order valence-electron chi connectivity index (χ1n) is 12.7. The van der Waals surface area contributed by atoms with E-state index in [0.29, 0.717) is 5.69 Å². The second-order valence-corrected chi connectivity index (χ2v) is 9.26. The molecule has 0 radical (unpaired) electrons. The Kier molecular flexibility index (Phi) is 5.42. The Morgan fingerprint density at radius 2 is 1.23 bits per heavy atom. The van der Waals surface area contributed by atoms with Crippen molar-refractivity contribution >= 4 is 27.6 Å². The topological polar surface area (TPSA) is 48.0 Å². The molecule has 0 saturated heterocycles. The summed E-state index contributed by atoms with van der Waals surface area (Å²) < 4.78 is 2.13. The minimum absolute atomic E-state index is 0.609. The summed E-state index contributed by atoms with van der Waals surface area (Å²) in [5.74, 6) is 0.783. The van der Waals surface area contributed by atoms with E-state index in [-0.39, 0.29) is 0 Å². The van der Waals surface area contributed by atoms with Crippen molar-refractivity contribution in [1.82, 2.24) is 19.5 Å². The van der Waals surface area contributed by atoms with Crippen LogP contribution >= 0.6 is 0 Å². The van der Waals surface area contributed by atoms with Crippen LogP contribution < -0.4 is 0 Å². The van der Waals surface area contributed by atoms with Crippen LogP contribution in [0.5, 0.6) is 0 Å². The molecule has 0 N–H and O–H groups in total. The fraction of sp³-hybridized carbons (Fsp3) is 0. The van der Waals surface area contributed by atoms with E-state index in [4.69, 9.17) is 21.5 Å². The van der Waals surface area contributed by atoms with E-state index in [0.717, 1.165) is 61.5 Å². The Hall–Kier alpha value is -5.60. The molecule has 5 nitrogen and oxygen atoms in total. The number of pyridine rings is 3. The van der Waals surface area contributed by atoms with Gasteiger partial charge in [0.15, 0.2) is 5.69 Å². The zero-order valence-corrected chi connectivity index (χ0v) is 20.9. The van der Waals surface area contributed by atoms with Crippen LogP contribution in [0, 0.1) is 6.57 Å². The lowest BCUT2D eigenvalue weighted by Gasteiger charge is -2.09. The van der Waals surface area contributed by atoms with Crippen LogP contribution in [-0.4, -0.2) is 19.5 Å². The largest absolute Gasteiger partial charge is 0.291 e. The summed E-state index contributed by atoms with van der Waals surface area (Å²) in [7, 11) is 0. The van der Waals surface area contributed by atoms with E-state index in [9.17, 15) is 0 Å². The van der Waals surface area contributed by atoms with Crippen molar-refractivity contribution in [2.45, 2.75) is 0 Å². The molecule has 39 heavy (non-hydrogen) atoms. The van der Waals surface area contributed by atoms with Crippen LogP contribution in [0.4, 0.5) is 5.69 Å². The normalized spacial score (nSPS) is 11.1. The highest BCUT2D eigenvalue weighted by Crippen LogP contribution is 2.34. The van der Waals surface area contributed by atoms with Crippen LogP contribution in [0.1, 0.15) is 0 Å². The van der Waals surface area contributed by atoms with Gasteiger partial charge in [-0.2, -0.15) is 0 Å². The van der Waals surface area contributed by atoms with Crippen LogP contribution in [-0.2, 0) is 0 Å².